The Bertz CT molecular complexity index is 1170. The van der Waals surface area contributed by atoms with Crippen LogP contribution in [0.25, 0.3) is 17.0 Å². The number of hydrogen-bond acceptors (Lipinski definition) is 1. The number of carbonyl (C=O) groups excluding carboxylic acids is 1. The molecule has 5 rings (SSSR count). The highest BCUT2D eigenvalue weighted by molar-refractivity contribution is 6.06. The first-order valence-corrected chi connectivity index (χ1v) is 9.51. The molecule has 1 aliphatic rings. The Kier molecular flexibility index (Phi) is 4.06. The zero-order valence-electron chi connectivity index (χ0n) is 15.4. The molecule has 3 heteroatoms. The molecule has 0 saturated carbocycles. The number of benzene rings is 3. The summed E-state index contributed by atoms with van der Waals surface area (Å²) in [6.45, 7) is 0. The minimum Gasteiger partial charge on any atom is -0.361 e. The van der Waals surface area contributed by atoms with E-state index in [2.05, 4.69) is 23.2 Å². The number of aromatic nitrogens is 1. The van der Waals surface area contributed by atoms with Crippen LogP contribution < -0.4 is 4.90 Å². The van der Waals surface area contributed by atoms with Gasteiger partial charge in [-0.1, -0.05) is 66.7 Å². The summed E-state index contributed by atoms with van der Waals surface area (Å²) in [4.78, 5) is 18.5. The predicted octanol–water partition coefficient (Wildman–Crippen LogP) is 5.51. The summed E-state index contributed by atoms with van der Waals surface area (Å²) in [5, 5.41) is 1.17. The third kappa shape index (κ3) is 2.81. The fourth-order valence-electron chi connectivity index (χ4n) is 4.09. The summed E-state index contributed by atoms with van der Waals surface area (Å²) < 4.78 is 0. The summed E-state index contributed by atoms with van der Waals surface area (Å²) >= 11 is 0. The largest absolute Gasteiger partial charge is 0.361 e. The molecular formula is C25H20N2O. The molecule has 1 aromatic heterocycles. The maximum atomic E-state index is 13.3. The molecule has 1 atom stereocenters. The number of hydrogen-bond donors (Lipinski definition) is 1. The van der Waals surface area contributed by atoms with E-state index in [1.807, 2.05) is 77.8 Å². The second kappa shape index (κ2) is 6.86. The van der Waals surface area contributed by atoms with Crippen LogP contribution in [-0.2, 0) is 11.2 Å². The molecule has 0 spiro atoms. The van der Waals surface area contributed by atoms with Crippen LogP contribution in [-0.4, -0.2) is 10.9 Å². The van der Waals surface area contributed by atoms with Crippen LogP contribution in [0.2, 0.25) is 0 Å². The highest BCUT2D eigenvalue weighted by Crippen LogP contribution is 2.42. The van der Waals surface area contributed by atoms with Crippen LogP contribution in [0.1, 0.15) is 22.7 Å². The maximum absolute atomic E-state index is 13.3. The molecule has 0 bridgehead atoms. The van der Waals surface area contributed by atoms with Gasteiger partial charge in [0.2, 0.25) is 0 Å². The molecule has 1 aliphatic heterocycles. The van der Waals surface area contributed by atoms with Crippen LogP contribution in [0.5, 0.6) is 0 Å². The highest BCUT2D eigenvalue weighted by Gasteiger charge is 2.34. The first-order chi connectivity index (χ1) is 13.8. The molecule has 0 fully saturated rings. The molecule has 28 heavy (non-hydrogen) atoms. The van der Waals surface area contributed by atoms with Gasteiger partial charge in [0.25, 0.3) is 5.91 Å². The number of aromatic amines is 1. The lowest BCUT2D eigenvalue weighted by molar-refractivity contribution is -0.114. The first-order valence-electron chi connectivity index (χ1n) is 9.51. The van der Waals surface area contributed by atoms with Gasteiger partial charge in [0.05, 0.1) is 6.04 Å². The molecule has 3 nitrogen and oxygen atoms in total. The van der Waals surface area contributed by atoms with Crippen LogP contribution in [0.3, 0.4) is 0 Å². The Labute approximate surface area is 163 Å². The number of rotatable bonds is 3. The fourth-order valence-corrected chi connectivity index (χ4v) is 4.09. The Hall–Kier alpha value is -3.59. The van der Waals surface area contributed by atoms with Crippen molar-refractivity contribution >= 4 is 28.6 Å². The van der Waals surface area contributed by atoms with Gasteiger partial charge in [0, 0.05) is 34.4 Å². The molecule has 1 N–H and O–H groups in total. The minimum atomic E-state index is -0.0125. The third-order valence-electron chi connectivity index (χ3n) is 5.41. The van der Waals surface area contributed by atoms with Gasteiger partial charge in [-0.2, -0.15) is 0 Å². The molecule has 0 aliphatic carbocycles. The van der Waals surface area contributed by atoms with E-state index in [0.717, 1.165) is 28.8 Å². The molecule has 2 heterocycles. The number of amides is 1. The number of anilines is 1. The quantitative estimate of drug-likeness (QED) is 0.478. The average molecular weight is 364 g/mol. The number of H-pyrrole nitrogens is 1. The molecule has 3 aromatic carbocycles. The van der Waals surface area contributed by atoms with Crippen molar-refractivity contribution in [3.8, 4) is 0 Å². The molecule has 136 valence electrons. The zero-order chi connectivity index (χ0) is 18.9. The predicted molar refractivity (Wildman–Crippen MR) is 114 cm³/mol. The maximum Gasteiger partial charge on any atom is 0.251 e. The number of carbonyl (C=O) groups is 1. The molecule has 0 radical (unpaired) electrons. The van der Waals surface area contributed by atoms with E-state index in [1.165, 1.54) is 10.9 Å². The van der Waals surface area contributed by atoms with E-state index in [4.69, 9.17) is 0 Å². The van der Waals surface area contributed by atoms with Crippen LogP contribution in [0.4, 0.5) is 5.69 Å². The first kappa shape index (κ1) is 16.6. The lowest BCUT2D eigenvalue weighted by Crippen LogP contribution is -2.30. The Morgan fingerprint density at radius 3 is 2.57 bits per heavy atom. The van der Waals surface area contributed by atoms with Crippen molar-refractivity contribution in [2.45, 2.75) is 12.5 Å². The molecule has 0 saturated heterocycles. The van der Waals surface area contributed by atoms with Gasteiger partial charge in [-0.15, -0.1) is 0 Å². The molecule has 4 aromatic rings. The van der Waals surface area contributed by atoms with Gasteiger partial charge in [-0.25, -0.2) is 0 Å². The van der Waals surface area contributed by atoms with Crippen molar-refractivity contribution < 1.29 is 4.79 Å². The van der Waals surface area contributed by atoms with Crippen LogP contribution in [0.15, 0.2) is 91.1 Å². The SMILES string of the molecule is O=C(/C=C/c1ccccc1)N1c2ccccc2C[C@@H]1c1c[nH]c2ccccc12. The second-order valence-corrected chi connectivity index (χ2v) is 7.09. The summed E-state index contributed by atoms with van der Waals surface area (Å²) in [6, 6.07) is 26.4. The number of nitrogens with zero attached hydrogens (tertiary/aromatic N) is 1. The van der Waals surface area contributed by atoms with E-state index >= 15 is 0 Å². The standard InChI is InChI=1S/C25H20N2O/c28-25(15-14-18-8-2-1-3-9-18)27-23-13-7-4-10-19(23)16-24(27)21-17-26-22-12-6-5-11-20(21)22/h1-15,17,24,26H,16H2/b15-14+/t24-/m1/s1. The van der Waals surface area contributed by atoms with Crippen molar-refractivity contribution in [3.05, 3.63) is 108 Å². The van der Waals surface area contributed by atoms with E-state index in [1.54, 1.807) is 6.08 Å². The van der Waals surface area contributed by atoms with E-state index in [0.29, 0.717) is 0 Å². The number of fused-ring (bicyclic) bond motifs is 2. The van der Waals surface area contributed by atoms with Crippen molar-refractivity contribution in [2.75, 3.05) is 4.90 Å². The zero-order valence-corrected chi connectivity index (χ0v) is 15.4. The van der Waals surface area contributed by atoms with Gasteiger partial charge in [-0.05, 0) is 35.8 Å². The van der Waals surface area contributed by atoms with Crippen molar-refractivity contribution in [3.63, 3.8) is 0 Å². The Morgan fingerprint density at radius 2 is 1.68 bits per heavy atom. The van der Waals surface area contributed by atoms with Crippen molar-refractivity contribution in [1.29, 1.82) is 0 Å². The normalized spacial score (nSPS) is 16.0. The summed E-state index contributed by atoms with van der Waals surface area (Å²) in [7, 11) is 0. The van der Waals surface area contributed by atoms with Crippen LogP contribution in [0, 0.1) is 0 Å². The smallest absolute Gasteiger partial charge is 0.251 e. The molecule has 1 amide bonds. The Balaban J connectivity index is 1.55. The molecular weight excluding hydrogens is 344 g/mol. The highest BCUT2D eigenvalue weighted by atomic mass is 16.2. The van der Waals surface area contributed by atoms with E-state index in [9.17, 15) is 4.79 Å². The third-order valence-corrected chi connectivity index (χ3v) is 5.41. The van der Waals surface area contributed by atoms with E-state index in [-0.39, 0.29) is 11.9 Å². The topological polar surface area (TPSA) is 36.1 Å². The average Bonchev–Trinajstić information content (AvgIpc) is 3.34. The second-order valence-electron chi connectivity index (χ2n) is 7.09. The van der Waals surface area contributed by atoms with Gasteiger partial charge >= 0.3 is 0 Å². The Morgan fingerprint density at radius 1 is 0.929 bits per heavy atom. The van der Waals surface area contributed by atoms with Crippen molar-refractivity contribution in [1.82, 2.24) is 4.98 Å². The van der Waals surface area contributed by atoms with Crippen LogP contribution >= 0.6 is 0 Å². The van der Waals surface area contributed by atoms with Crippen molar-refractivity contribution in [2.24, 2.45) is 0 Å². The lowest BCUT2D eigenvalue weighted by Gasteiger charge is -2.24. The van der Waals surface area contributed by atoms with Gasteiger partial charge in [0.1, 0.15) is 0 Å². The van der Waals surface area contributed by atoms with Gasteiger partial charge in [-0.3, -0.25) is 4.79 Å². The summed E-state index contributed by atoms with van der Waals surface area (Å²) in [5.41, 5.74) is 5.49. The van der Waals surface area contributed by atoms with Gasteiger partial charge < -0.3 is 9.88 Å². The van der Waals surface area contributed by atoms with E-state index < -0.39 is 0 Å². The summed E-state index contributed by atoms with van der Waals surface area (Å²) in [6.07, 6.45) is 6.43. The minimum absolute atomic E-state index is 0.00378. The molecule has 0 unspecified atom stereocenters. The fraction of sp³-hybridized carbons (Fsp3) is 0.0800. The number of nitrogens with one attached hydrogen (secondary N) is 1. The monoisotopic (exact) mass is 364 g/mol. The summed E-state index contributed by atoms with van der Waals surface area (Å²) in [5.74, 6) is 0.00378. The number of para-hydroxylation sites is 2. The lowest BCUT2D eigenvalue weighted by atomic mass is 10.0. The van der Waals surface area contributed by atoms with Gasteiger partial charge in [0.15, 0.2) is 0 Å².